The fraction of sp³-hybridized carbons (Fsp3) is 0.368. The Kier molecular flexibility index (Phi) is 6.53. The molecule has 0 saturated heterocycles. The summed E-state index contributed by atoms with van der Waals surface area (Å²) >= 11 is 7.64. The molecular formula is C19H21ClN2OS. The van der Waals surface area contributed by atoms with Crippen LogP contribution in [0.4, 0.5) is 0 Å². The molecule has 1 aliphatic rings. The van der Waals surface area contributed by atoms with Crippen molar-refractivity contribution in [2.24, 2.45) is 0 Å². The maximum Gasteiger partial charge on any atom is 0.158 e. The van der Waals surface area contributed by atoms with Crippen molar-refractivity contribution in [3.05, 3.63) is 56.7 Å². The van der Waals surface area contributed by atoms with Crippen molar-refractivity contribution in [1.82, 2.24) is 5.32 Å². The molecule has 5 heteroatoms. The molecule has 0 aliphatic carbocycles. The third-order valence-electron chi connectivity index (χ3n) is 3.97. The number of benzene rings is 1. The number of nitriles is 1. The van der Waals surface area contributed by atoms with Gasteiger partial charge in [-0.05, 0) is 43.7 Å². The van der Waals surface area contributed by atoms with Crippen LogP contribution < -0.4 is 5.32 Å². The van der Waals surface area contributed by atoms with Gasteiger partial charge in [0.25, 0.3) is 0 Å². The zero-order valence-corrected chi connectivity index (χ0v) is 15.7. The highest BCUT2D eigenvalue weighted by Gasteiger charge is 2.32. The number of hydrogen-bond acceptors (Lipinski definition) is 4. The minimum atomic E-state index is -0.338. The van der Waals surface area contributed by atoms with Crippen molar-refractivity contribution in [2.45, 2.75) is 39.5 Å². The molecule has 1 aromatic rings. The number of unbranched alkanes of at least 4 members (excludes halogenated alkanes) is 1. The maximum atomic E-state index is 12.2. The molecule has 0 aromatic heterocycles. The van der Waals surface area contributed by atoms with Gasteiger partial charge in [-0.3, -0.25) is 4.79 Å². The number of carbonyl (C=O) groups is 1. The number of halogens is 1. The second-order valence-electron chi connectivity index (χ2n) is 5.76. The Balaban J connectivity index is 2.51. The summed E-state index contributed by atoms with van der Waals surface area (Å²) in [6.07, 6.45) is 2.19. The number of thioether (sulfide) groups is 1. The highest BCUT2D eigenvalue weighted by atomic mass is 35.5. The van der Waals surface area contributed by atoms with Crippen LogP contribution in [0.25, 0.3) is 0 Å². The minimum absolute atomic E-state index is 0.0229. The lowest BCUT2D eigenvalue weighted by Gasteiger charge is -2.29. The topological polar surface area (TPSA) is 52.9 Å². The first-order valence-electron chi connectivity index (χ1n) is 8.00. The smallest absolute Gasteiger partial charge is 0.158 e. The normalized spacial score (nSPS) is 17.5. The minimum Gasteiger partial charge on any atom is -0.353 e. The molecule has 0 bridgehead atoms. The molecule has 2 rings (SSSR count). The third kappa shape index (κ3) is 4.03. The zero-order chi connectivity index (χ0) is 17.7. The molecule has 1 heterocycles. The highest BCUT2D eigenvalue weighted by molar-refractivity contribution is 8.03. The number of ketones is 1. The van der Waals surface area contributed by atoms with Crippen LogP contribution in [-0.2, 0) is 4.79 Å². The van der Waals surface area contributed by atoms with E-state index < -0.39 is 0 Å². The van der Waals surface area contributed by atoms with E-state index in [1.807, 2.05) is 19.1 Å². The Hall–Kier alpha value is -1.70. The van der Waals surface area contributed by atoms with E-state index in [0.717, 1.165) is 34.9 Å². The van der Waals surface area contributed by atoms with Crippen LogP contribution in [-0.4, -0.2) is 11.5 Å². The van der Waals surface area contributed by atoms with Crippen LogP contribution in [0.1, 0.15) is 45.1 Å². The summed E-state index contributed by atoms with van der Waals surface area (Å²) in [6, 6.07) is 9.70. The summed E-state index contributed by atoms with van der Waals surface area (Å²) in [5, 5.41) is 14.5. The number of nitrogens with one attached hydrogen (secondary N) is 1. The van der Waals surface area contributed by atoms with Gasteiger partial charge in [0.1, 0.15) is 0 Å². The Morgan fingerprint density at radius 1 is 1.38 bits per heavy atom. The first-order chi connectivity index (χ1) is 11.5. The number of carbonyl (C=O) groups excluding carboxylic acids is 1. The van der Waals surface area contributed by atoms with Gasteiger partial charge < -0.3 is 5.32 Å². The van der Waals surface area contributed by atoms with E-state index in [4.69, 9.17) is 11.6 Å². The van der Waals surface area contributed by atoms with Crippen molar-refractivity contribution < 1.29 is 4.79 Å². The van der Waals surface area contributed by atoms with E-state index in [9.17, 15) is 10.1 Å². The van der Waals surface area contributed by atoms with Gasteiger partial charge >= 0.3 is 0 Å². The first kappa shape index (κ1) is 18.6. The van der Waals surface area contributed by atoms with Gasteiger partial charge in [0.05, 0.1) is 22.6 Å². The monoisotopic (exact) mass is 360 g/mol. The summed E-state index contributed by atoms with van der Waals surface area (Å²) in [6.45, 7) is 5.59. The van der Waals surface area contributed by atoms with Crippen LogP contribution >= 0.6 is 23.4 Å². The summed E-state index contributed by atoms with van der Waals surface area (Å²) in [4.78, 5) is 12.2. The first-order valence-corrected chi connectivity index (χ1v) is 9.37. The molecule has 0 fully saturated rings. The Bertz CT molecular complexity index is 729. The SMILES string of the molecule is CCCCSC1=C(C#N)[C@H](c2ccc(Cl)cc2)C(C(C)=O)=C(C)N1. The molecule has 0 spiro atoms. The average molecular weight is 361 g/mol. The van der Waals surface area contributed by atoms with E-state index in [2.05, 4.69) is 18.3 Å². The van der Waals surface area contributed by atoms with E-state index >= 15 is 0 Å². The Morgan fingerprint density at radius 3 is 2.58 bits per heavy atom. The van der Waals surface area contributed by atoms with Crippen LogP contribution in [0, 0.1) is 11.3 Å². The van der Waals surface area contributed by atoms with Crippen LogP contribution in [0.2, 0.25) is 5.02 Å². The lowest BCUT2D eigenvalue weighted by atomic mass is 9.81. The maximum absolute atomic E-state index is 12.2. The highest BCUT2D eigenvalue weighted by Crippen LogP contribution is 2.41. The van der Waals surface area contributed by atoms with Crippen molar-refractivity contribution in [3.63, 3.8) is 0 Å². The molecule has 126 valence electrons. The standard InChI is InChI=1S/C19H21ClN2OS/c1-4-5-10-24-19-16(11-21)18(14-6-8-15(20)9-7-14)17(13(3)23)12(2)22-19/h6-9,18,22H,4-5,10H2,1-3H3/t18-/m0/s1. The zero-order valence-electron chi connectivity index (χ0n) is 14.1. The number of rotatable bonds is 6. The van der Waals surface area contributed by atoms with Crippen molar-refractivity contribution in [3.8, 4) is 6.07 Å². The van der Waals surface area contributed by atoms with Crippen LogP contribution in [0.5, 0.6) is 0 Å². The number of hydrogen-bond donors (Lipinski definition) is 1. The van der Waals surface area contributed by atoms with Gasteiger partial charge in [-0.2, -0.15) is 5.26 Å². The molecular weight excluding hydrogens is 340 g/mol. The van der Waals surface area contributed by atoms with Gasteiger partial charge in [0.2, 0.25) is 0 Å². The van der Waals surface area contributed by atoms with E-state index in [1.54, 1.807) is 30.8 Å². The van der Waals surface area contributed by atoms with Crippen molar-refractivity contribution >= 4 is 29.1 Å². The molecule has 1 atom stereocenters. The second kappa shape index (κ2) is 8.41. The lowest BCUT2D eigenvalue weighted by molar-refractivity contribution is -0.113. The molecule has 3 nitrogen and oxygen atoms in total. The summed E-state index contributed by atoms with van der Waals surface area (Å²) in [5.41, 5.74) is 2.99. The second-order valence-corrected chi connectivity index (χ2v) is 7.30. The summed E-state index contributed by atoms with van der Waals surface area (Å²) in [7, 11) is 0. The predicted molar refractivity (Wildman–Crippen MR) is 101 cm³/mol. The van der Waals surface area contributed by atoms with Crippen molar-refractivity contribution in [1.29, 1.82) is 5.26 Å². The summed E-state index contributed by atoms with van der Waals surface area (Å²) < 4.78 is 0. The Labute approximate surface area is 152 Å². The molecule has 24 heavy (non-hydrogen) atoms. The average Bonchev–Trinajstić information content (AvgIpc) is 2.55. The molecule has 1 aliphatic heterocycles. The third-order valence-corrected chi connectivity index (χ3v) is 5.33. The molecule has 1 N–H and O–H groups in total. The van der Waals surface area contributed by atoms with Crippen molar-refractivity contribution in [2.75, 3.05) is 5.75 Å². The lowest BCUT2D eigenvalue weighted by Crippen LogP contribution is -2.27. The molecule has 0 unspecified atom stereocenters. The van der Waals surface area contributed by atoms with Gasteiger partial charge in [-0.25, -0.2) is 0 Å². The molecule has 1 aromatic carbocycles. The number of nitrogens with zero attached hydrogens (tertiary/aromatic N) is 1. The van der Waals surface area contributed by atoms with E-state index in [1.165, 1.54) is 0 Å². The fourth-order valence-electron chi connectivity index (χ4n) is 2.80. The van der Waals surface area contributed by atoms with E-state index in [0.29, 0.717) is 16.2 Å². The molecule has 0 amide bonds. The molecule has 0 radical (unpaired) electrons. The largest absolute Gasteiger partial charge is 0.353 e. The van der Waals surface area contributed by atoms with E-state index in [-0.39, 0.29) is 11.7 Å². The van der Waals surface area contributed by atoms with Gasteiger partial charge in [-0.15, -0.1) is 11.8 Å². The van der Waals surface area contributed by atoms with Gasteiger partial charge in [0, 0.05) is 16.3 Å². The van der Waals surface area contributed by atoms with Crippen LogP contribution in [0.15, 0.2) is 46.1 Å². The number of allylic oxidation sites excluding steroid dienone is 3. The van der Waals surface area contributed by atoms with Crippen LogP contribution in [0.3, 0.4) is 0 Å². The summed E-state index contributed by atoms with van der Waals surface area (Å²) in [5.74, 6) is 0.584. The number of dihydropyridines is 1. The quantitative estimate of drug-likeness (QED) is 0.712. The predicted octanol–water partition coefficient (Wildman–Crippen LogP) is 5.16. The van der Waals surface area contributed by atoms with Gasteiger partial charge in [-0.1, -0.05) is 37.1 Å². The Morgan fingerprint density at radius 2 is 2.04 bits per heavy atom. The molecule has 0 saturated carbocycles. The van der Waals surface area contributed by atoms with Gasteiger partial charge in [0.15, 0.2) is 5.78 Å². The fourth-order valence-corrected chi connectivity index (χ4v) is 4.11. The number of Topliss-reactive ketones (excluding diaryl/α,β-unsaturated/α-hetero) is 1.